The van der Waals surface area contributed by atoms with Gasteiger partial charge in [-0.25, -0.2) is 9.78 Å². The van der Waals surface area contributed by atoms with E-state index in [0.29, 0.717) is 68.5 Å². The van der Waals surface area contributed by atoms with E-state index >= 15 is 0 Å². The summed E-state index contributed by atoms with van der Waals surface area (Å²) in [6, 6.07) is 8.24. The van der Waals surface area contributed by atoms with Gasteiger partial charge in [0, 0.05) is 57.0 Å². The molecule has 4 aromatic rings. The molecular weight excluding hydrogens is 546 g/mol. The number of carbonyl (C=O) groups is 1. The fourth-order valence-electron chi connectivity index (χ4n) is 5.82. The van der Waals surface area contributed by atoms with E-state index in [1.165, 1.54) is 10.1 Å². The molecule has 0 bridgehead atoms. The van der Waals surface area contributed by atoms with Gasteiger partial charge in [-0.2, -0.15) is 5.10 Å². The molecule has 1 saturated heterocycles. The number of hydrogen-bond acceptors (Lipinski definition) is 6. The van der Waals surface area contributed by atoms with Crippen LogP contribution in [0, 0.1) is 5.92 Å². The Bertz CT molecular complexity index is 1690. The zero-order valence-electron chi connectivity index (χ0n) is 26.0. The molecule has 11 heteroatoms. The molecule has 1 amide bonds. The van der Waals surface area contributed by atoms with Crippen molar-refractivity contribution < 1.29 is 9.53 Å². The number of amides is 1. The van der Waals surface area contributed by atoms with E-state index in [2.05, 4.69) is 31.1 Å². The number of aromatic nitrogens is 6. The van der Waals surface area contributed by atoms with Gasteiger partial charge in [0.2, 0.25) is 5.91 Å². The molecule has 3 aromatic heterocycles. The second-order valence-corrected chi connectivity index (χ2v) is 11.7. The quantitative estimate of drug-likeness (QED) is 0.211. The number of ether oxygens (including phenoxy) is 1. The molecule has 5 rings (SSSR count). The third kappa shape index (κ3) is 6.08. The van der Waals surface area contributed by atoms with Crippen molar-refractivity contribution >= 4 is 22.8 Å². The zero-order valence-corrected chi connectivity index (χ0v) is 26.0. The highest BCUT2D eigenvalue weighted by molar-refractivity contribution is 5.95. The van der Waals surface area contributed by atoms with E-state index < -0.39 is 0 Å². The minimum Gasteiger partial charge on any atom is -0.361 e. The van der Waals surface area contributed by atoms with Crippen LogP contribution in [0.15, 0.2) is 46.2 Å². The zero-order chi connectivity index (χ0) is 30.7. The van der Waals surface area contributed by atoms with Gasteiger partial charge in [-0.3, -0.25) is 28.0 Å². The molecule has 4 heterocycles. The molecule has 1 unspecified atom stereocenters. The van der Waals surface area contributed by atoms with Crippen LogP contribution >= 0.6 is 0 Å². The lowest BCUT2D eigenvalue weighted by atomic mass is 10.0. The van der Waals surface area contributed by atoms with E-state index in [4.69, 9.17) is 9.72 Å². The van der Waals surface area contributed by atoms with Crippen LogP contribution in [-0.4, -0.2) is 47.5 Å². The highest BCUT2D eigenvalue weighted by Crippen LogP contribution is 2.29. The second kappa shape index (κ2) is 13.1. The number of fused-ring (bicyclic) bond motifs is 1. The van der Waals surface area contributed by atoms with E-state index in [0.717, 1.165) is 24.1 Å². The van der Waals surface area contributed by atoms with Crippen LogP contribution in [0.1, 0.15) is 71.8 Å². The Hall–Kier alpha value is -3.99. The van der Waals surface area contributed by atoms with Crippen LogP contribution < -0.4 is 16.1 Å². The summed E-state index contributed by atoms with van der Waals surface area (Å²) in [7, 11) is 0. The summed E-state index contributed by atoms with van der Waals surface area (Å²) in [5.74, 6) is 1.19. The van der Waals surface area contributed by atoms with Crippen molar-refractivity contribution in [2.24, 2.45) is 5.92 Å². The van der Waals surface area contributed by atoms with Gasteiger partial charge in [0.15, 0.2) is 11.2 Å². The first-order chi connectivity index (χ1) is 20.8. The summed E-state index contributed by atoms with van der Waals surface area (Å²) in [5.41, 5.74) is 2.93. The monoisotopic (exact) mass is 589 g/mol. The lowest BCUT2D eigenvalue weighted by molar-refractivity contribution is -0.117. The average molecular weight is 590 g/mol. The van der Waals surface area contributed by atoms with Gasteiger partial charge in [0.25, 0.3) is 5.56 Å². The standard InChI is InChI=1S/C32H43N7O4/c1-6-13-36-30-28(31(41)37(14-7-2)32(36)42)39(21-43-15-8-3)29(34-30)25-17-33-35(20-25)18-23-16-27(40)38(19-23)26-11-9-24(10-12-26)22(4)5/h9-12,17,20,22-23H,6-8,13-16,18-19,21H2,1-5H3. The molecule has 1 aliphatic heterocycles. The number of hydrogen-bond donors (Lipinski definition) is 0. The van der Waals surface area contributed by atoms with Crippen LogP contribution in [0.5, 0.6) is 0 Å². The molecule has 1 atom stereocenters. The van der Waals surface area contributed by atoms with Crippen molar-refractivity contribution in [3.63, 3.8) is 0 Å². The van der Waals surface area contributed by atoms with Crippen molar-refractivity contribution in [1.29, 1.82) is 0 Å². The van der Waals surface area contributed by atoms with Crippen molar-refractivity contribution in [2.45, 2.75) is 92.6 Å². The Balaban J connectivity index is 1.46. The van der Waals surface area contributed by atoms with Gasteiger partial charge >= 0.3 is 5.69 Å². The van der Waals surface area contributed by atoms with E-state index in [9.17, 15) is 14.4 Å². The maximum absolute atomic E-state index is 13.6. The Morgan fingerprint density at radius 3 is 2.35 bits per heavy atom. The summed E-state index contributed by atoms with van der Waals surface area (Å²) in [6.45, 7) is 12.9. The number of rotatable bonds is 13. The third-order valence-electron chi connectivity index (χ3n) is 7.99. The molecule has 0 spiro atoms. The molecule has 1 aromatic carbocycles. The topological polar surface area (TPSA) is 109 Å². The molecule has 1 fully saturated rings. The predicted molar refractivity (Wildman–Crippen MR) is 167 cm³/mol. The van der Waals surface area contributed by atoms with Gasteiger partial charge in [-0.15, -0.1) is 0 Å². The van der Waals surface area contributed by atoms with Crippen LogP contribution in [0.2, 0.25) is 0 Å². The highest BCUT2D eigenvalue weighted by atomic mass is 16.5. The first-order valence-corrected chi connectivity index (χ1v) is 15.5. The second-order valence-electron chi connectivity index (χ2n) is 11.7. The lowest BCUT2D eigenvalue weighted by Gasteiger charge is -2.18. The predicted octanol–water partition coefficient (Wildman–Crippen LogP) is 4.60. The molecule has 1 aliphatic rings. The lowest BCUT2D eigenvalue weighted by Crippen LogP contribution is -2.40. The Kier molecular flexibility index (Phi) is 9.29. The third-order valence-corrected chi connectivity index (χ3v) is 7.99. The van der Waals surface area contributed by atoms with E-state index in [1.807, 2.05) is 48.7 Å². The van der Waals surface area contributed by atoms with Gasteiger partial charge in [0.05, 0.1) is 11.8 Å². The van der Waals surface area contributed by atoms with Crippen molar-refractivity contribution in [3.05, 3.63) is 63.1 Å². The molecule has 0 aliphatic carbocycles. The van der Waals surface area contributed by atoms with E-state index in [-0.39, 0.29) is 29.8 Å². The molecule has 0 radical (unpaired) electrons. The van der Waals surface area contributed by atoms with Crippen molar-refractivity contribution in [3.8, 4) is 11.4 Å². The smallest absolute Gasteiger partial charge is 0.332 e. The first-order valence-electron chi connectivity index (χ1n) is 15.5. The summed E-state index contributed by atoms with van der Waals surface area (Å²) in [4.78, 5) is 46.6. The number of imidazole rings is 1. The van der Waals surface area contributed by atoms with Crippen LogP contribution in [0.4, 0.5) is 5.69 Å². The molecule has 0 saturated carbocycles. The Morgan fingerprint density at radius 2 is 1.67 bits per heavy atom. The summed E-state index contributed by atoms with van der Waals surface area (Å²) >= 11 is 0. The first kappa shape index (κ1) is 30.5. The minimum absolute atomic E-state index is 0.104. The molecule has 11 nitrogen and oxygen atoms in total. The molecular formula is C32H43N7O4. The number of carbonyl (C=O) groups excluding carboxylic acids is 1. The number of aryl methyl sites for hydroxylation is 1. The minimum atomic E-state index is -0.355. The average Bonchev–Trinajstić information content (AvgIpc) is 3.71. The highest BCUT2D eigenvalue weighted by Gasteiger charge is 2.31. The number of anilines is 1. The maximum atomic E-state index is 13.6. The summed E-state index contributed by atoms with van der Waals surface area (Å²) in [6.07, 6.45) is 6.30. The normalized spacial score (nSPS) is 15.4. The van der Waals surface area contributed by atoms with Crippen molar-refractivity contribution in [1.82, 2.24) is 28.5 Å². The summed E-state index contributed by atoms with van der Waals surface area (Å²) in [5, 5.41) is 4.60. The largest absolute Gasteiger partial charge is 0.361 e. The van der Waals surface area contributed by atoms with E-state index in [1.54, 1.807) is 15.3 Å². The molecule has 43 heavy (non-hydrogen) atoms. The number of nitrogens with zero attached hydrogens (tertiary/aromatic N) is 7. The Labute approximate surface area is 251 Å². The van der Waals surface area contributed by atoms with Gasteiger partial charge in [-0.1, -0.05) is 46.8 Å². The fraction of sp³-hybridized carbons (Fsp3) is 0.531. The van der Waals surface area contributed by atoms with Gasteiger partial charge < -0.3 is 9.64 Å². The SMILES string of the molecule is CCCOCn1c(-c2cnn(CC3CC(=O)N(c4ccc(C(C)C)cc4)C3)c2)nc2c1c(=O)n(CCC)c(=O)n2CCC. The maximum Gasteiger partial charge on any atom is 0.332 e. The van der Waals surface area contributed by atoms with Crippen LogP contribution in [-0.2, 0) is 35.9 Å². The van der Waals surface area contributed by atoms with Gasteiger partial charge in [-0.05, 0) is 42.9 Å². The van der Waals surface area contributed by atoms with Gasteiger partial charge in [0.1, 0.15) is 12.6 Å². The van der Waals surface area contributed by atoms with Crippen LogP contribution in [0.3, 0.4) is 0 Å². The Morgan fingerprint density at radius 1 is 0.953 bits per heavy atom. The molecule has 230 valence electrons. The summed E-state index contributed by atoms with van der Waals surface area (Å²) < 4.78 is 12.4. The number of benzene rings is 1. The fourth-order valence-corrected chi connectivity index (χ4v) is 5.82. The van der Waals surface area contributed by atoms with Crippen molar-refractivity contribution in [2.75, 3.05) is 18.1 Å². The van der Waals surface area contributed by atoms with Crippen LogP contribution in [0.25, 0.3) is 22.6 Å². The molecule has 0 N–H and O–H groups in total.